The number of benzene rings is 1. The van der Waals surface area contributed by atoms with E-state index >= 15 is 0 Å². The van der Waals surface area contributed by atoms with Gasteiger partial charge in [-0.05, 0) is 19.3 Å². The second-order valence-corrected chi connectivity index (χ2v) is 9.11. The number of hydrogen-bond donors (Lipinski definition) is 1. The molecule has 27 heavy (non-hydrogen) atoms. The molecular weight excluding hydrogens is 376 g/mol. The number of likely N-dealkylation sites (tertiary alicyclic amines) is 1. The molecular formula is C19H25F2NO4S. The number of alkyl halides is 2. The van der Waals surface area contributed by atoms with E-state index in [1.807, 2.05) is 0 Å². The molecule has 0 radical (unpaired) electrons. The average molecular weight is 401 g/mol. The van der Waals surface area contributed by atoms with Gasteiger partial charge in [-0.15, -0.1) is 0 Å². The third-order valence-corrected chi connectivity index (χ3v) is 5.61. The third kappa shape index (κ3) is 6.10. The van der Waals surface area contributed by atoms with Crippen LogP contribution in [0.1, 0.15) is 31.2 Å². The fraction of sp³-hybridized carbons (Fsp3) is 0.526. The molecule has 1 aromatic carbocycles. The summed E-state index contributed by atoms with van der Waals surface area (Å²) in [5, 5.41) is 9.94. The van der Waals surface area contributed by atoms with Crippen LogP contribution in [0.15, 0.2) is 42.5 Å². The monoisotopic (exact) mass is 401 g/mol. The average Bonchev–Trinajstić information content (AvgIpc) is 2.96. The van der Waals surface area contributed by atoms with Crippen molar-refractivity contribution in [3.05, 3.63) is 48.0 Å². The van der Waals surface area contributed by atoms with Crippen LogP contribution in [0, 0.1) is 0 Å². The number of unbranched alkanes of at least 4 members (excludes halogenated alkanes) is 1. The van der Waals surface area contributed by atoms with E-state index in [2.05, 4.69) is 0 Å². The van der Waals surface area contributed by atoms with Crippen LogP contribution in [0.5, 0.6) is 0 Å². The van der Waals surface area contributed by atoms with Crippen molar-refractivity contribution in [2.45, 2.75) is 43.8 Å². The molecule has 0 spiro atoms. The first-order chi connectivity index (χ1) is 12.6. The van der Waals surface area contributed by atoms with Crippen LogP contribution in [-0.4, -0.2) is 55.0 Å². The summed E-state index contributed by atoms with van der Waals surface area (Å²) in [4.78, 5) is 13.6. The van der Waals surface area contributed by atoms with Gasteiger partial charge in [0.05, 0.1) is 6.04 Å². The van der Waals surface area contributed by atoms with E-state index in [-0.39, 0.29) is 23.3 Å². The Morgan fingerprint density at radius 1 is 1.30 bits per heavy atom. The van der Waals surface area contributed by atoms with Crippen molar-refractivity contribution < 1.29 is 27.1 Å². The molecule has 0 bridgehead atoms. The number of nitrogens with zero attached hydrogens (tertiary/aromatic N) is 1. The molecule has 1 amide bonds. The molecule has 1 unspecified atom stereocenters. The Kier molecular flexibility index (Phi) is 7.11. The Morgan fingerprint density at radius 3 is 2.59 bits per heavy atom. The lowest BCUT2D eigenvalue weighted by molar-refractivity contribution is -0.128. The van der Waals surface area contributed by atoms with Gasteiger partial charge < -0.3 is 10.0 Å². The highest BCUT2D eigenvalue weighted by atomic mass is 32.2. The molecule has 2 rings (SSSR count). The lowest BCUT2D eigenvalue weighted by atomic mass is 10.0. The fourth-order valence-electron chi connectivity index (χ4n) is 3.08. The topological polar surface area (TPSA) is 74.7 Å². The van der Waals surface area contributed by atoms with E-state index in [1.165, 1.54) is 30.3 Å². The highest BCUT2D eigenvalue weighted by Crippen LogP contribution is 2.32. The quantitative estimate of drug-likeness (QED) is 0.510. The van der Waals surface area contributed by atoms with Gasteiger partial charge in [-0.3, -0.25) is 4.79 Å². The number of aliphatic hydroxyl groups is 1. The van der Waals surface area contributed by atoms with Crippen LogP contribution in [0.3, 0.4) is 0 Å². The van der Waals surface area contributed by atoms with Crippen LogP contribution < -0.4 is 0 Å². The SMILES string of the molecule is CS(=O)(=O)CCCCN1C(=O)CC[C@@H]1/C=C/C(O)C(F)(F)c1ccccc1. The molecule has 150 valence electrons. The zero-order valence-corrected chi connectivity index (χ0v) is 16.0. The zero-order chi connectivity index (χ0) is 20.1. The second kappa shape index (κ2) is 8.93. The number of aliphatic hydroxyl groups excluding tert-OH is 1. The Balaban J connectivity index is 1.96. The minimum atomic E-state index is -3.43. The van der Waals surface area contributed by atoms with Crippen molar-refractivity contribution >= 4 is 15.7 Å². The summed E-state index contributed by atoms with van der Waals surface area (Å²) in [6.07, 6.45) is 3.41. The van der Waals surface area contributed by atoms with Crippen LogP contribution in [0.4, 0.5) is 8.78 Å². The Morgan fingerprint density at radius 2 is 1.96 bits per heavy atom. The summed E-state index contributed by atoms with van der Waals surface area (Å²) in [6.45, 7) is 0.370. The minimum absolute atomic E-state index is 0.0531. The molecule has 0 aromatic heterocycles. The molecule has 1 aliphatic rings. The van der Waals surface area contributed by atoms with Crippen LogP contribution in [-0.2, 0) is 20.6 Å². The van der Waals surface area contributed by atoms with E-state index in [1.54, 1.807) is 11.0 Å². The second-order valence-electron chi connectivity index (χ2n) is 6.85. The van der Waals surface area contributed by atoms with E-state index in [9.17, 15) is 27.1 Å². The maximum absolute atomic E-state index is 14.3. The molecule has 5 nitrogen and oxygen atoms in total. The van der Waals surface area contributed by atoms with Gasteiger partial charge in [0.15, 0.2) is 0 Å². The van der Waals surface area contributed by atoms with Crippen LogP contribution in [0.25, 0.3) is 0 Å². The molecule has 0 aliphatic carbocycles. The number of carbonyl (C=O) groups is 1. The first-order valence-corrected chi connectivity index (χ1v) is 10.9. The highest BCUT2D eigenvalue weighted by molar-refractivity contribution is 7.90. The van der Waals surface area contributed by atoms with Gasteiger partial charge in [0.1, 0.15) is 15.9 Å². The summed E-state index contributed by atoms with van der Waals surface area (Å²) in [6, 6.07) is 6.72. The van der Waals surface area contributed by atoms with E-state index in [0.29, 0.717) is 32.2 Å². The largest absolute Gasteiger partial charge is 0.382 e. The van der Waals surface area contributed by atoms with Crippen molar-refractivity contribution in [3.8, 4) is 0 Å². The Labute approximate surface area is 158 Å². The molecule has 1 fully saturated rings. The Hall–Kier alpha value is -1.80. The van der Waals surface area contributed by atoms with Crippen LogP contribution in [0.2, 0.25) is 0 Å². The fourth-order valence-corrected chi connectivity index (χ4v) is 3.81. The molecule has 8 heteroatoms. The first-order valence-electron chi connectivity index (χ1n) is 8.88. The number of amides is 1. The predicted octanol–water partition coefficient (Wildman–Crippen LogP) is 2.51. The molecule has 2 atom stereocenters. The number of halogens is 2. The van der Waals surface area contributed by atoms with Crippen molar-refractivity contribution in [2.75, 3.05) is 18.6 Å². The predicted molar refractivity (Wildman–Crippen MR) is 99.2 cm³/mol. The van der Waals surface area contributed by atoms with Gasteiger partial charge in [0.25, 0.3) is 0 Å². The number of sulfone groups is 1. The molecule has 1 heterocycles. The summed E-state index contributed by atoms with van der Waals surface area (Å²) in [5.41, 5.74) is -0.276. The molecule has 1 saturated heterocycles. The molecule has 1 aliphatic heterocycles. The molecule has 0 saturated carbocycles. The molecule has 1 aromatic rings. The number of hydrogen-bond acceptors (Lipinski definition) is 4. The summed E-state index contributed by atoms with van der Waals surface area (Å²) in [5.74, 6) is -3.47. The zero-order valence-electron chi connectivity index (χ0n) is 15.2. The van der Waals surface area contributed by atoms with Crippen molar-refractivity contribution in [1.29, 1.82) is 0 Å². The normalized spacial score (nSPS) is 19.8. The maximum Gasteiger partial charge on any atom is 0.302 e. The van der Waals surface area contributed by atoms with Gasteiger partial charge >= 0.3 is 5.92 Å². The summed E-state index contributed by atoms with van der Waals surface area (Å²) >= 11 is 0. The molecule has 1 N–H and O–H groups in total. The van der Waals surface area contributed by atoms with Crippen molar-refractivity contribution in [3.63, 3.8) is 0 Å². The lowest BCUT2D eigenvalue weighted by Gasteiger charge is -2.24. The highest BCUT2D eigenvalue weighted by Gasteiger charge is 2.39. The van der Waals surface area contributed by atoms with E-state index < -0.39 is 21.9 Å². The van der Waals surface area contributed by atoms with Crippen LogP contribution >= 0.6 is 0 Å². The Bertz CT molecular complexity index is 765. The van der Waals surface area contributed by atoms with Crippen molar-refractivity contribution in [2.24, 2.45) is 0 Å². The van der Waals surface area contributed by atoms with Gasteiger partial charge in [-0.1, -0.05) is 42.5 Å². The first kappa shape index (κ1) is 21.5. The number of rotatable bonds is 9. The van der Waals surface area contributed by atoms with E-state index in [4.69, 9.17) is 0 Å². The smallest absolute Gasteiger partial charge is 0.302 e. The summed E-state index contributed by atoms with van der Waals surface area (Å²) in [7, 11) is -3.04. The van der Waals surface area contributed by atoms with Gasteiger partial charge in [0, 0.05) is 30.5 Å². The number of carbonyl (C=O) groups excluding carboxylic acids is 1. The standard InChI is InChI=1S/C19H25F2NO4S/c1-27(25,26)14-6-5-13-22-16(10-12-18(22)24)9-11-17(23)19(20,21)15-7-3-2-4-8-15/h2-4,7-9,11,16-17,23H,5-6,10,12-14H2,1H3/b11-9+/t16-,17?/m0/s1. The van der Waals surface area contributed by atoms with Gasteiger partial charge in [-0.25, -0.2) is 8.42 Å². The minimum Gasteiger partial charge on any atom is -0.382 e. The maximum atomic E-state index is 14.3. The summed E-state index contributed by atoms with van der Waals surface area (Å²) < 4.78 is 50.9. The van der Waals surface area contributed by atoms with E-state index in [0.717, 1.165) is 12.3 Å². The lowest BCUT2D eigenvalue weighted by Crippen LogP contribution is -2.34. The van der Waals surface area contributed by atoms with Gasteiger partial charge in [0.2, 0.25) is 5.91 Å². The third-order valence-electron chi connectivity index (χ3n) is 4.58. The van der Waals surface area contributed by atoms with Gasteiger partial charge in [-0.2, -0.15) is 8.78 Å². The van der Waals surface area contributed by atoms with Crippen molar-refractivity contribution in [1.82, 2.24) is 4.90 Å².